The Bertz CT molecular complexity index is 118. The first-order chi connectivity index (χ1) is 4.85. The minimum absolute atomic E-state index is 0.111. The van der Waals surface area contributed by atoms with Crippen molar-refractivity contribution in [2.24, 2.45) is 5.92 Å². The Morgan fingerprint density at radius 3 is 2.00 bits per heavy atom. The Morgan fingerprint density at radius 2 is 1.70 bits per heavy atom. The molecule has 0 atom stereocenters. The molecule has 3 heterocycles. The second-order valence-corrected chi connectivity index (χ2v) is 4.78. The highest BCUT2D eigenvalue weighted by Gasteiger charge is 2.54. The van der Waals surface area contributed by atoms with Gasteiger partial charge in [0.1, 0.15) is 19.8 Å². The second-order valence-electron chi connectivity index (χ2n) is 2.51. The quantitative estimate of drug-likeness (QED) is 0.571. The summed E-state index contributed by atoms with van der Waals surface area (Å²) in [6.45, 7) is 2.07. The Balaban J connectivity index is 2.08. The van der Waals surface area contributed by atoms with Crippen molar-refractivity contribution in [3.8, 4) is 0 Å². The third-order valence-corrected chi connectivity index (χ3v) is 3.67. The highest BCUT2D eigenvalue weighted by Crippen LogP contribution is 2.66. The second kappa shape index (κ2) is 2.40. The van der Waals surface area contributed by atoms with Crippen LogP contribution in [-0.2, 0) is 13.6 Å². The molecular weight excluding hydrogens is 155 g/mol. The monoisotopic (exact) mass is 165 g/mol. The van der Waals surface area contributed by atoms with Crippen molar-refractivity contribution in [1.82, 2.24) is 0 Å². The summed E-state index contributed by atoms with van der Waals surface area (Å²) < 4.78 is 15.7. The van der Waals surface area contributed by atoms with E-state index in [0.717, 1.165) is 0 Å². The zero-order chi connectivity index (χ0) is 7.03. The van der Waals surface area contributed by atoms with E-state index in [1.54, 1.807) is 0 Å². The zero-order valence-corrected chi connectivity index (χ0v) is 6.42. The fourth-order valence-electron chi connectivity index (χ4n) is 1.04. The average Bonchev–Trinajstić information content (AvgIpc) is 2.08. The summed E-state index contributed by atoms with van der Waals surface area (Å²) in [7, 11) is -2.23. The van der Waals surface area contributed by atoms with Gasteiger partial charge in [0.05, 0.1) is 0 Å². The lowest BCUT2D eigenvalue weighted by atomic mass is 10.2. The molecule has 3 saturated heterocycles. The van der Waals surface area contributed by atoms with Gasteiger partial charge in [0.15, 0.2) is 0 Å². The van der Waals surface area contributed by atoms with Crippen LogP contribution < -0.4 is 0 Å². The van der Waals surface area contributed by atoms with Gasteiger partial charge >= 0.3 is 7.94 Å². The average molecular weight is 165 g/mol. The molecule has 2 bridgehead atoms. The van der Waals surface area contributed by atoms with E-state index in [-0.39, 0.29) is 6.35 Å². The molecule has 3 aliphatic heterocycles. The van der Waals surface area contributed by atoms with Crippen molar-refractivity contribution in [2.45, 2.75) is 0 Å². The molecule has 0 aromatic carbocycles. The van der Waals surface area contributed by atoms with Gasteiger partial charge < -0.3 is 5.11 Å². The van der Waals surface area contributed by atoms with Crippen LogP contribution in [0.3, 0.4) is 0 Å². The van der Waals surface area contributed by atoms with Crippen LogP contribution in [0.5, 0.6) is 0 Å². The lowest BCUT2D eigenvalue weighted by Crippen LogP contribution is -2.35. The van der Waals surface area contributed by atoms with Crippen molar-refractivity contribution in [3.05, 3.63) is 0 Å². The summed E-state index contributed by atoms with van der Waals surface area (Å²) in [6, 6.07) is 0. The molecule has 0 aromatic heterocycles. The van der Waals surface area contributed by atoms with Gasteiger partial charge in [-0.15, -0.1) is 0 Å². The van der Waals surface area contributed by atoms with Crippen molar-refractivity contribution < 1.29 is 18.7 Å². The van der Waals surface area contributed by atoms with Crippen LogP contribution in [0, 0.1) is 5.92 Å². The standard InChI is InChI=1S/C5H10O4P/c6-4-10-7-1-5(2-8-10)3-9-10/h5-6H,1-4H2/q+1. The first-order valence-electron chi connectivity index (χ1n) is 3.27. The fraction of sp³-hybridized carbons (Fsp3) is 1.00. The van der Waals surface area contributed by atoms with Gasteiger partial charge in [-0.25, -0.2) is 0 Å². The molecule has 58 valence electrons. The van der Waals surface area contributed by atoms with Crippen molar-refractivity contribution in [1.29, 1.82) is 0 Å². The molecule has 1 N–H and O–H groups in total. The van der Waals surface area contributed by atoms with E-state index in [1.165, 1.54) is 0 Å². The van der Waals surface area contributed by atoms with Crippen molar-refractivity contribution >= 4 is 7.94 Å². The Kier molecular flexibility index (Phi) is 1.66. The minimum Gasteiger partial charge on any atom is -0.355 e. The maximum absolute atomic E-state index is 8.84. The maximum atomic E-state index is 8.84. The summed E-state index contributed by atoms with van der Waals surface area (Å²) in [6.07, 6.45) is -0.111. The molecule has 0 saturated carbocycles. The lowest BCUT2D eigenvalue weighted by molar-refractivity contribution is -0.0276. The van der Waals surface area contributed by atoms with E-state index in [2.05, 4.69) is 0 Å². The van der Waals surface area contributed by atoms with Gasteiger partial charge in [-0.2, -0.15) is 13.6 Å². The normalized spacial score (nSPS) is 45.9. The molecule has 4 nitrogen and oxygen atoms in total. The first-order valence-corrected chi connectivity index (χ1v) is 5.00. The number of rotatable bonds is 1. The largest absolute Gasteiger partial charge is 0.439 e. The minimum atomic E-state index is -2.23. The van der Waals surface area contributed by atoms with Gasteiger partial charge in [-0.1, -0.05) is 0 Å². The molecule has 0 aliphatic carbocycles. The van der Waals surface area contributed by atoms with Crippen LogP contribution in [0.1, 0.15) is 0 Å². The molecule has 3 rings (SSSR count). The van der Waals surface area contributed by atoms with E-state index >= 15 is 0 Å². The molecule has 3 aliphatic rings. The number of hydrogen-bond donors (Lipinski definition) is 1. The molecule has 0 amide bonds. The highest BCUT2D eigenvalue weighted by molar-refractivity contribution is 7.61. The summed E-state index contributed by atoms with van der Waals surface area (Å²) in [4.78, 5) is 0. The summed E-state index contributed by atoms with van der Waals surface area (Å²) >= 11 is 0. The van der Waals surface area contributed by atoms with Crippen LogP contribution in [0.25, 0.3) is 0 Å². The third kappa shape index (κ3) is 0.966. The topological polar surface area (TPSA) is 47.9 Å². The molecule has 0 radical (unpaired) electrons. The van der Waals surface area contributed by atoms with E-state index in [1.807, 2.05) is 0 Å². The van der Waals surface area contributed by atoms with Gasteiger partial charge in [-0.3, -0.25) is 0 Å². The highest BCUT2D eigenvalue weighted by atomic mass is 31.2. The summed E-state index contributed by atoms with van der Waals surface area (Å²) in [5, 5.41) is 8.84. The SMILES string of the molecule is OC[P+]12OCC(CO1)CO2. The summed E-state index contributed by atoms with van der Waals surface area (Å²) in [5.74, 6) is 0.383. The van der Waals surface area contributed by atoms with Gasteiger partial charge in [-0.05, 0) is 0 Å². The molecule has 10 heavy (non-hydrogen) atoms. The summed E-state index contributed by atoms with van der Waals surface area (Å²) in [5.41, 5.74) is 0. The maximum Gasteiger partial charge on any atom is 0.439 e. The molecular formula is C5H10O4P+. The molecule has 0 aromatic rings. The number of hydrogen-bond acceptors (Lipinski definition) is 4. The molecule has 0 spiro atoms. The predicted octanol–water partition coefficient (Wildman–Crippen LogP) is 0.392. The van der Waals surface area contributed by atoms with Crippen molar-refractivity contribution in [2.75, 3.05) is 26.2 Å². The van der Waals surface area contributed by atoms with Crippen LogP contribution in [-0.4, -0.2) is 31.3 Å². The van der Waals surface area contributed by atoms with Gasteiger partial charge in [0.25, 0.3) is 0 Å². The zero-order valence-electron chi connectivity index (χ0n) is 5.52. The Labute approximate surface area is 59.7 Å². The number of aliphatic hydroxyl groups is 1. The van der Waals surface area contributed by atoms with E-state index < -0.39 is 7.94 Å². The Hall–Kier alpha value is 0.270. The van der Waals surface area contributed by atoms with Crippen LogP contribution in [0.15, 0.2) is 0 Å². The number of fused-ring (bicyclic) bond motifs is 3. The van der Waals surface area contributed by atoms with E-state index in [9.17, 15) is 0 Å². The van der Waals surface area contributed by atoms with Crippen LogP contribution in [0.2, 0.25) is 0 Å². The smallest absolute Gasteiger partial charge is 0.355 e. The van der Waals surface area contributed by atoms with Gasteiger partial charge in [0.2, 0.25) is 6.35 Å². The van der Waals surface area contributed by atoms with Crippen LogP contribution in [0.4, 0.5) is 0 Å². The fourth-order valence-corrected chi connectivity index (χ4v) is 2.82. The molecule has 0 unspecified atom stereocenters. The molecule has 5 heteroatoms. The predicted molar refractivity (Wildman–Crippen MR) is 35.4 cm³/mol. The Morgan fingerprint density at radius 1 is 1.20 bits per heavy atom. The van der Waals surface area contributed by atoms with Gasteiger partial charge in [0, 0.05) is 5.92 Å². The van der Waals surface area contributed by atoms with Crippen molar-refractivity contribution in [3.63, 3.8) is 0 Å². The first kappa shape index (κ1) is 6.95. The number of aliphatic hydroxyl groups excluding tert-OH is 1. The third-order valence-electron chi connectivity index (χ3n) is 1.69. The van der Waals surface area contributed by atoms with E-state index in [0.29, 0.717) is 25.7 Å². The van der Waals surface area contributed by atoms with E-state index in [4.69, 9.17) is 18.7 Å². The van der Waals surface area contributed by atoms with Crippen LogP contribution >= 0.6 is 7.94 Å². The molecule has 3 fully saturated rings. The lowest BCUT2D eigenvalue weighted by Gasteiger charge is -2.33.